The van der Waals surface area contributed by atoms with Gasteiger partial charge in [0, 0.05) is 26.5 Å². The predicted octanol–water partition coefficient (Wildman–Crippen LogP) is 3.31. The molecule has 17 heavy (non-hydrogen) atoms. The molecule has 0 amide bonds. The Kier molecular flexibility index (Phi) is 3.84. The van der Waals surface area contributed by atoms with Gasteiger partial charge in [0.1, 0.15) is 0 Å². The summed E-state index contributed by atoms with van der Waals surface area (Å²) in [4.78, 5) is 2.60. The van der Waals surface area contributed by atoms with Crippen molar-refractivity contribution in [3.8, 4) is 10.5 Å². The van der Waals surface area contributed by atoms with Crippen molar-refractivity contribution in [2.75, 3.05) is 0 Å². The van der Waals surface area contributed by atoms with Crippen LogP contribution in [0.2, 0.25) is 0 Å². The average molecular weight is 305 g/mol. The lowest BCUT2D eigenvalue weighted by atomic mass is 10.4. The normalized spacial score (nSPS) is 10.4. The van der Waals surface area contributed by atoms with Crippen molar-refractivity contribution < 1.29 is 4.57 Å². The highest BCUT2D eigenvalue weighted by molar-refractivity contribution is 9.12. The van der Waals surface area contributed by atoms with E-state index in [1.165, 1.54) is 0 Å². The maximum absolute atomic E-state index is 13.0. The summed E-state index contributed by atoms with van der Waals surface area (Å²) < 4.78 is 13.0. The molecule has 0 atom stereocenters. The second kappa shape index (κ2) is 5.36. The summed E-state index contributed by atoms with van der Waals surface area (Å²) in [6.07, 6.45) is 0. The molecular formula is C14H10BrOP. The van der Waals surface area contributed by atoms with Gasteiger partial charge in [-0.3, -0.25) is 4.57 Å². The molecule has 0 saturated carbocycles. The first-order chi connectivity index (χ1) is 8.27. The van der Waals surface area contributed by atoms with Crippen molar-refractivity contribution in [3.63, 3.8) is 0 Å². The summed E-state index contributed by atoms with van der Waals surface area (Å²) >= 11 is 3.05. The van der Waals surface area contributed by atoms with E-state index >= 15 is 0 Å². The molecule has 84 valence electrons. The highest BCUT2D eigenvalue weighted by atomic mass is 79.9. The second-order valence-electron chi connectivity index (χ2n) is 3.49. The molecule has 0 saturated heterocycles. The monoisotopic (exact) mass is 304 g/mol. The third kappa shape index (κ3) is 2.52. The van der Waals surface area contributed by atoms with Crippen LogP contribution in [0.3, 0.4) is 0 Å². The summed E-state index contributed by atoms with van der Waals surface area (Å²) in [6, 6.07) is 18.7. The molecule has 0 bridgehead atoms. The van der Waals surface area contributed by atoms with Gasteiger partial charge < -0.3 is 0 Å². The average Bonchev–Trinajstić information content (AvgIpc) is 2.41. The molecule has 3 heteroatoms. The van der Waals surface area contributed by atoms with Gasteiger partial charge in [0.2, 0.25) is 7.14 Å². The Morgan fingerprint density at radius 2 is 1.24 bits per heavy atom. The SMILES string of the molecule is O=P(C#CBr)(c1ccccc1)c1ccccc1. The number of hydrogen-bond donors (Lipinski definition) is 0. The van der Waals surface area contributed by atoms with E-state index in [-0.39, 0.29) is 0 Å². The Morgan fingerprint density at radius 1 is 0.824 bits per heavy atom. The number of rotatable bonds is 2. The quantitative estimate of drug-likeness (QED) is 0.614. The summed E-state index contributed by atoms with van der Waals surface area (Å²) in [5.74, 6) is 0. The fourth-order valence-electron chi connectivity index (χ4n) is 1.61. The lowest BCUT2D eigenvalue weighted by molar-refractivity contribution is 0.593. The molecule has 0 fully saturated rings. The van der Waals surface area contributed by atoms with E-state index in [1.54, 1.807) is 0 Å². The molecule has 0 radical (unpaired) electrons. The predicted molar refractivity (Wildman–Crippen MR) is 76.5 cm³/mol. The summed E-state index contributed by atoms with van der Waals surface area (Å²) in [7, 11) is -2.83. The maximum Gasteiger partial charge on any atom is 0.211 e. The highest BCUT2D eigenvalue weighted by Crippen LogP contribution is 2.41. The molecule has 0 aliphatic heterocycles. The molecule has 0 aliphatic rings. The lowest BCUT2D eigenvalue weighted by Gasteiger charge is -2.12. The van der Waals surface area contributed by atoms with Crippen LogP contribution in [0, 0.1) is 10.5 Å². The molecule has 0 unspecified atom stereocenters. The van der Waals surface area contributed by atoms with Crippen LogP contribution < -0.4 is 10.6 Å². The molecule has 0 heterocycles. The molecule has 0 spiro atoms. The third-order valence-corrected chi connectivity index (χ3v) is 5.42. The van der Waals surface area contributed by atoms with E-state index in [2.05, 4.69) is 26.4 Å². The Bertz CT molecular complexity index is 553. The minimum absolute atomic E-state index is 0.762. The van der Waals surface area contributed by atoms with E-state index in [0.29, 0.717) is 0 Å². The van der Waals surface area contributed by atoms with Gasteiger partial charge >= 0.3 is 0 Å². The van der Waals surface area contributed by atoms with Crippen molar-refractivity contribution in [2.45, 2.75) is 0 Å². The van der Waals surface area contributed by atoms with Crippen molar-refractivity contribution in [1.82, 2.24) is 0 Å². The van der Waals surface area contributed by atoms with E-state index in [1.807, 2.05) is 60.7 Å². The molecule has 0 aromatic heterocycles. The van der Waals surface area contributed by atoms with Gasteiger partial charge in [-0.05, 0) is 10.5 Å². The minimum Gasteiger partial charge on any atom is -0.300 e. The molecule has 2 aromatic rings. The van der Waals surface area contributed by atoms with Crippen LogP contribution in [0.15, 0.2) is 60.7 Å². The standard InChI is InChI=1S/C14H10BrOP/c15-11-12-17(16,13-7-3-1-4-8-13)14-9-5-2-6-10-14/h1-10H. The largest absolute Gasteiger partial charge is 0.300 e. The second-order valence-corrected chi connectivity index (χ2v) is 6.36. The third-order valence-electron chi connectivity index (χ3n) is 2.44. The lowest BCUT2D eigenvalue weighted by Crippen LogP contribution is -2.14. The summed E-state index contributed by atoms with van der Waals surface area (Å²) in [6.45, 7) is 0. The van der Waals surface area contributed by atoms with Crippen LogP contribution in [0.5, 0.6) is 0 Å². The van der Waals surface area contributed by atoms with Gasteiger partial charge in [0.25, 0.3) is 0 Å². The topological polar surface area (TPSA) is 17.1 Å². The zero-order valence-electron chi connectivity index (χ0n) is 9.01. The fraction of sp³-hybridized carbons (Fsp3) is 0. The van der Waals surface area contributed by atoms with E-state index < -0.39 is 7.14 Å². The van der Waals surface area contributed by atoms with Crippen LogP contribution in [0.1, 0.15) is 0 Å². The van der Waals surface area contributed by atoms with Crippen LogP contribution in [-0.4, -0.2) is 0 Å². The van der Waals surface area contributed by atoms with Gasteiger partial charge in [-0.15, -0.1) is 0 Å². The first-order valence-corrected chi connectivity index (χ1v) is 7.61. The van der Waals surface area contributed by atoms with E-state index in [0.717, 1.165) is 10.6 Å². The molecule has 1 nitrogen and oxygen atoms in total. The highest BCUT2D eigenvalue weighted by Gasteiger charge is 2.24. The fourth-order valence-corrected chi connectivity index (χ4v) is 4.22. The van der Waals surface area contributed by atoms with Gasteiger partial charge in [-0.2, -0.15) is 0 Å². The van der Waals surface area contributed by atoms with E-state index in [9.17, 15) is 4.57 Å². The van der Waals surface area contributed by atoms with Crippen LogP contribution in [-0.2, 0) is 4.57 Å². The van der Waals surface area contributed by atoms with Gasteiger partial charge in [-0.25, -0.2) is 0 Å². The van der Waals surface area contributed by atoms with Crippen molar-refractivity contribution >= 4 is 33.7 Å². The Hall–Kier alpha value is -1.29. The van der Waals surface area contributed by atoms with Crippen molar-refractivity contribution in [3.05, 3.63) is 60.7 Å². The Balaban J connectivity index is 2.63. The zero-order chi connectivity index (χ0) is 12.1. The number of halogens is 1. The molecule has 0 N–H and O–H groups in total. The van der Waals surface area contributed by atoms with Gasteiger partial charge in [0.15, 0.2) is 0 Å². The first kappa shape index (κ1) is 12.2. The van der Waals surface area contributed by atoms with E-state index in [4.69, 9.17) is 0 Å². The van der Waals surface area contributed by atoms with Crippen molar-refractivity contribution in [1.29, 1.82) is 0 Å². The number of benzene rings is 2. The minimum atomic E-state index is -2.83. The molecular weight excluding hydrogens is 295 g/mol. The summed E-state index contributed by atoms with van der Waals surface area (Å²) in [5.41, 5.74) is 2.81. The smallest absolute Gasteiger partial charge is 0.211 e. The van der Waals surface area contributed by atoms with Crippen molar-refractivity contribution in [2.24, 2.45) is 0 Å². The first-order valence-electron chi connectivity index (χ1n) is 5.11. The van der Waals surface area contributed by atoms with Gasteiger partial charge in [-0.1, -0.05) is 60.7 Å². The summed E-state index contributed by atoms with van der Waals surface area (Å²) in [5, 5.41) is 1.52. The molecule has 0 aliphatic carbocycles. The Morgan fingerprint density at radius 3 is 1.59 bits per heavy atom. The molecule has 2 rings (SSSR count). The zero-order valence-corrected chi connectivity index (χ0v) is 11.5. The van der Waals surface area contributed by atoms with Gasteiger partial charge in [0.05, 0.1) is 0 Å². The van der Waals surface area contributed by atoms with Crippen LogP contribution in [0.4, 0.5) is 0 Å². The number of hydrogen-bond acceptors (Lipinski definition) is 1. The van der Waals surface area contributed by atoms with Crippen LogP contribution >= 0.6 is 23.1 Å². The Labute approximate surface area is 109 Å². The van der Waals surface area contributed by atoms with Crippen LogP contribution in [0.25, 0.3) is 0 Å². The molecule has 2 aromatic carbocycles. The maximum atomic E-state index is 13.0.